The summed E-state index contributed by atoms with van der Waals surface area (Å²) in [4.78, 5) is 16.7. The van der Waals surface area contributed by atoms with Crippen molar-refractivity contribution in [3.05, 3.63) is 125 Å². The van der Waals surface area contributed by atoms with Gasteiger partial charge in [-0.3, -0.25) is 9.69 Å². The highest BCUT2D eigenvalue weighted by molar-refractivity contribution is 8.00. The second-order valence-electron chi connectivity index (χ2n) is 11.5. The molecular formula is C35H33FN2O4S. The van der Waals surface area contributed by atoms with Crippen LogP contribution < -0.4 is 15.0 Å². The number of phenols is 1. The van der Waals surface area contributed by atoms with Crippen LogP contribution >= 0.6 is 11.8 Å². The number of carbonyl (C=O) groups excluding carboxylic acids is 1. The number of carbonyl (C=O) groups is 1. The Morgan fingerprint density at radius 3 is 2.53 bits per heavy atom. The van der Waals surface area contributed by atoms with Crippen molar-refractivity contribution in [3.8, 4) is 11.5 Å². The number of hydrogen-bond donors (Lipinski definition) is 2. The number of ether oxygens (including phenoxy) is 2. The number of amides is 1. The SMILES string of the molecule is CC1(C)COC2=C(C1)Nc1c(O)cccc1N(C(=O)CSc1ccccc1)C2c1ccc(OCc2ccccc2)cc1F. The van der Waals surface area contributed by atoms with Gasteiger partial charge in [0.1, 0.15) is 41.4 Å². The number of nitrogens with zero attached hydrogens (tertiary/aromatic N) is 1. The van der Waals surface area contributed by atoms with Gasteiger partial charge < -0.3 is 19.9 Å². The fraction of sp³-hybridized carbons (Fsp3) is 0.229. The summed E-state index contributed by atoms with van der Waals surface area (Å²) in [6.45, 7) is 4.87. The van der Waals surface area contributed by atoms with Gasteiger partial charge in [-0.1, -0.05) is 68.4 Å². The maximum atomic E-state index is 16.2. The number of halogens is 1. The molecule has 6 rings (SSSR count). The minimum atomic E-state index is -0.909. The quantitative estimate of drug-likeness (QED) is 0.166. The molecule has 0 bridgehead atoms. The minimum absolute atomic E-state index is 0.00739. The molecule has 0 saturated carbocycles. The largest absolute Gasteiger partial charge is 0.506 e. The molecule has 2 aliphatic heterocycles. The molecule has 6 nitrogen and oxygen atoms in total. The van der Waals surface area contributed by atoms with Gasteiger partial charge >= 0.3 is 0 Å². The Labute approximate surface area is 255 Å². The lowest BCUT2D eigenvalue weighted by atomic mass is 9.85. The maximum Gasteiger partial charge on any atom is 0.238 e. The zero-order valence-electron chi connectivity index (χ0n) is 24.0. The number of anilines is 2. The van der Waals surface area contributed by atoms with Gasteiger partial charge in [0.15, 0.2) is 0 Å². The van der Waals surface area contributed by atoms with E-state index in [9.17, 15) is 9.90 Å². The first-order chi connectivity index (χ1) is 20.8. The van der Waals surface area contributed by atoms with Crippen LogP contribution in [0.1, 0.15) is 37.4 Å². The summed E-state index contributed by atoms with van der Waals surface area (Å²) in [5.41, 5.74) is 2.58. The fourth-order valence-electron chi connectivity index (χ4n) is 5.44. The van der Waals surface area contributed by atoms with Gasteiger partial charge in [0, 0.05) is 21.9 Å². The number of nitrogens with one attached hydrogen (secondary N) is 1. The van der Waals surface area contributed by atoms with Crippen molar-refractivity contribution < 1.29 is 23.8 Å². The monoisotopic (exact) mass is 596 g/mol. The van der Waals surface area contributed by atoms with Crippen LogP contribution in [-0.4, -0.2) is 23.4 Å². The smallest absolute Gasteiger partial charge is 0.238 e. The third-order valence-electron chi connectivity index (χ3n) is 7.52. The summed E-state index contributed by atoms with van der Waals surface area (Å²) in [6.07, 6.45) is 0.591. The molecule has 43 heavy (non-hydrogen) atoms. The van der Waals surface area contributed by atoms with Gasteiger partial charge in [-0.2, -0.15) is 0 Å². The van der Waals surface area contributed by atoms with E-state index in [4.69, 9.17) is 9.47 Å². The average molecular weight is 597 g/mol. The molecule has 2 aliphatic rings. The van der Waals surface area contributed by atoms with E-state index in [0.717, 1.165) is 10.5 Å². The van der Waals surface area contributed by atoms with Crippen LogP contribution in [0.4, 0.5) is 15.8 Å². The van der Waals surface area contributed by atoms with Crippen LogP contribution in [0.15, 0.2) is 113 Å². The number of thioether (sulfide) groups is 1. The Hall–Kier alpha value is -4.43. The molecule has 4 aromatic rings. The molecule has 0 spiro atoms. The van der Waals surface area contributed by atoms with Crippen LogP contribution in [-0.2, 0) is 16.1 Å². The number of benzene rings is 4. The van der Waals surface area contributed by atoms with Gasteiger partial charge in [0.05, 0.1) is 23.7 Å². The van der Waals surface area contributed by atoms with Crippen molar-refractivity contribution in [2.75, 3.05) is 22.6 Å². The summed E-state index contributed by atoms with van der Waals surface area (Å²) in [5, 5.41) is 14.3. The summed E-state index contributed by atoms with van der Waals surface area (Å²) < 4.78 is 28.5. The number of fused-ring (bicyclic) bond motifs is 1. The van der Waals surface area contributed by atoms with Crippen LogP contribution in [0.5, 0.6) is 11.5 Å². The fourth-order valence-corrected chi connectivity index (χ4v) is 6.22. The predicted octanol–water partition coefficient (Wildman–Crippen LogP) is 8.06. The summed E-state index contributed by atoms with van der Waals surface area (Å²) in [7, 11) is 0. The van der Waals surface area contributed by atoms with E-state index in [0.29, 0.717) is 48.2 Å². The normalized spacial score (nSPS) is 17.2. The van der Waals surface area contributed by atoms with Gasteiger partial charge in [-0.25, -0.2) is 4.39 Å². The first kappa shape index (κ1) is 28.7. The minimum Gasteiger partial charge on any atom is -0.506 e. The molecule has 1 atom stereocenters. The molecule has 220 valence electrons. The summed E-state index contributed by atoms with van der Waals surface area (Å²) >= 11 is 1.40. The third kappa shape index (κ3) is 6.20. The molecule has 2 N–H and O–H groups in total. The Morgan fingerprint density at radius 2 is 1.79 bits per heavy atom. The number of phenolic OH excluding ortho intramolecular Hbond substituents is 1. The molecule has 8 heteroatoms. The highest BCUT2D eigenvalue weighted by Crippen LogP contribution is 2.50. The van der Waals surface area contributed by atoms with E-state index in [1.165, 1.54) is 17.8 Å². The number of hydrogen-bond acceptors (Lipinski definition) is 6. The lowest BCUT2D eigenvalue weighted by molar-refractivity contribution is -0.116. The Kier molecular flexibility index (Phi) is 8.04. The molecule has 4 aromatic carbocycles. The molecule has 0 fully saturated rings. The summed E-state index contributed by atoms with van der Waals surface area (Å²) in [5.74, 6) is 0.166. The molecule has 1 unspecified atom stereocenters. The Morgan fingerprint density at radius 1 is 1.05 bits per heavy atom. The topological polar surface area (TPSA) is 71.0 Å². The van der Waals surface area contributed by atoms with E-state index in [2.05, 4.69) is 19.2 Å². The standard InChI is InChI=1S/C35H33FN2O4S/c1-35(2)19-28-34(42-22-35)33(26-17-16-24(18-27(26)36)41-20-23-10-5-3-6-11-23)38(29-14-9-15-30(39)32(29)37-28)31(40)21-43-25-12-7-4-8-13-25/h3-18,33,37,39H,19-22H2,1-2H3. The molecule has 2 heterocycles. The molecule has 0 radical (unpaired) electrons. The molecule has 1 amide bonds. The lowest BCUT2D eigenvalue weighted by Gasteiger charge is -2.38. The van der Waals surface area contributed by atoms with Gasteiger partial charge in [-0.05, 0) is 48.4 Å². The van der Waals surface area contributed by atoms with Crippen LogP contribution in [0, 0.1) is 11.2 Å². The second-order valence-corrected chi connectivity index (χ2v) is 12.5. The van der Waals surface area contributed by atoms with E-state index in [1.54, 1.807) is 35.2 Å². The average Bonchev–Trinajstić information content (AvgIpc) is 3.14. The molecular weight excluding hydrogens is 563 g/mol. The van der Waals surface area contributed by atoms with Crippen LogP contribution in [0.3, 0.4) is 0 Å². The first-order valence-corrected chi connectivity index (χ1v) is 15.2. The van der Waals surface area contributed by atoms with E-state index < -0.39 is 11.9 Å². The van der Waals surface area contributed by atoms with Crippen molar-refractivity contribution in [1.82, 2.24) is 0 Å². The van der Waals surface area contributed by atoms with Crippen LogP contribution in [0.2, 0.25) is 0 Å². The zero-order valence-corrected chi connectivity index (χ0v) is 24.9. The van der Waals surface area contributed by atoms with Gasteiger partial charge in [0.25, 0.3) is 0 Å². The zero-order chi connectivity index (χ0) is 30.0. The highest BCUT2D eigenvalue weighted by atomic mass is 32.2. The molecule has 0 aliphatic carbocycles. The second kappa shape index (κ2) is 12.1. The van der Waals surface area contributed by atoms with Crippen molar-refractivity contribution in [3.63, 3.8) is 0 Å². The molecule has 0 saturated heterocycles. The number of allylic oxidation sites excluding steroid dienone is 1. The van der Waals surface area contributed by atoms with Crippen molar-refractivity contribution >= 4 is 29.0 Å². The van der Waals surface area contributed by atoms with Gasteiger partial charge in [0.2, 0.25) is 5.91 Å². The highest BCUT2D eigenvalue weighted by Gasteiger charge is 2.42. The maximum absolute atomic E-state index is 16.2. The summed E-state index contributed by atoms with van der Waals surface area (Å²) in [6, 6.07) is 28.2. The van der Waals surface area contributed by atoms with E-state index in [-0.39, 0.29) is 28.4 Å². The third-order valence-corrected chi connectivity index (χ3v) is 8.52. The Balaban J connectivity index is 1.42. The number of aromatic hydroxyl groups is 1. The van der Waals surface area contributed by atoms with Crippen molar-refractivity contribution in [1.29, 1.82) is 0 Å². The van der Waals surface area contributed by atoms with E-state index in [1.807, 2.05) is 60.7 Å². The van der Waals surface area contributed by atoms with E-state index >= 15 is 4.39 Å². The Bertz CT molecular complexity index is 1660. The van der Waals surface area contributed by atoms with Crippen molar-refractivity contribution in [2.45, 2.75) is 37.8 Å². The van der Waals surface area contributed by atoms with Crippen molar-refractivity contribution in [2.24, 2.45) is 5.41 Å². The number of para-hydroxylation sites is 1. The van der Waals surface area contributed by atoms with Crippen LogP contribution in [0.25, 0.3) is 0 Å². The lowest BCUT2D eigenvalue weighted by Crippen LogP contribution is -2.39. The number of rotatable bonds is 7. The molecule has 0 aromatic heterocycles. The van der Waals surface area contributed by atoms with Gasteiger partial charge in [-0.15, -0.1) is 11.8 Å². The first-order valence-electron chi connectivity index (χ1n) is 14.2. The predicted molar refractivity (Wildman–Crippen MR) is 168 cm³/mol.